The zero-order valence-corrected chi connectivity index (χ0v) is 18.3. The van der Waals surface area contributed by atoms with Crippen LogP contribution in [0.1, 0.15) is 12.8 Å². The monoisotopic (exact) mass is 458 g/mol. The summed E-state index contributed by atoms with van der Waals surface area (Å²) in [6.45, 7) is -0.310. The van der Waals surface area contributed by atoms with Crippen LogP contribution in [0.3, 0.4) is 0 Å². The Bertz CT molecular complexity index is 1240. The van der Waals surface area contributed by atoms with Crippen LogP contribution in [-0.4, -0.2) is 62.6 Å². The van der Waals surface area contributed by atoms with Crippen LogP contribution < -0.4 is 5.32 Å². The number of hydrogen-bond donors (Lipinski definition) is 1. The summed E-state index contributed by atoms with van der Waals surface area (Å²) in [7, 11) is -1.71. The van der Waals surface area contributed by atoms with Gasteiger partial charge in [-0.1, -0.05) is 0 Å². The molecule has 1 aliphatic rings. The fourth-order valence-corrected chi connectivity index (χ4v) is 5.33. The van der Waals surface area contributed by atoms with Crippen molar-refractivity contribution in [3.05, 3.63) is 43.1 Å². The van der Waals surface area contributed by atoms with Gasteiger partial charge < -0.3 is 9.88 Å². The van der Waals surface area contributed by atoms with Gasteiger partial charge in [-0.25, -0.2) is 18.4 Å². The lowest BCUT2D eigenvalue weighted by molar-refractivity contribution is 0.0849. The second kappa shape index (κ2) is 8.68. The number of anilines is 2. The van der Waals surface area contributed by atoms with E-state index in [4.69, 9.17) is 0 Å². The van der Waals surface area contributed by atoms with Gasteiger partial charge in [-0.3, -0.25) is 9.07 Å². The zero-order chi connectivity index (χ0) is 22.8. The molecule has 0 aromatic carbocycles. The number of sulfonamides is 1. The van der Waals surface area contributed by atoms with Gasteiger partial charge >= 0.3 is 0 Å². The van der Waals surface area contributed by atoms with Gasteiger partial charge in [0, 0.05) is 50.5 Å². The molecule has 1 fully saturated rings. The predicted molar refractivity (Wildman–Crippen MR) is 116 cm³/mol. The molecule has 12 heteroatoms. The Kier molecular flexibility index (Phi) is 5.94. The Labute approximate surface area is 185 Å². The van der Waals surface area contributed by atoms with Crippen molar-refractivity contribution in [1.29, 1.82) is 5.26 Å². The number of rotatable bonds is 9. The van der Waals surface area contributed by atoms with Gasteiger partial charge in [-0.15, -0.1) is 0 Å². The summed E-state index contributed by atoms with van der Waals surface area (Å²) >= 11 is 0. The van der Waals surface area contributed by atoms with Crippen molar-refractivity contribution < 1.29 is 12.8 Å². The minimum atomic E-state index is -3.53. The van der Waals surface area contributed by atoms with E-state index in [9.17, 15) is 18.1 Å². The molecule has 0 aliphatic carbocycles. The summed E-state index contributed by atoms with van der Waals surface area (Å²) in [6, 6.07) is 5.81. The molecule has 4 rings (SSSR count). The molecule has 0 amide bonds. The highest BCUT2D eigenvalue weighted by atomic mass is 32.2. The van der Waals surface area contributed by atoms with E-state index in [1.807, 2.05) is 36.3 Å². The Hall–Kier alpha value is -3.30. The summed E-state index contributed by atoms with van der Waals surface area (Å²) in [5.74, 6) is 0.195. The van der Waals surface area contributed by atoms with E-state index >= 15 is 0 Å². The molecule has 32 heavy (non-hydrogen) atoms. The van der Waals surface area contributed by atoms with Crippen molar-refractivity contribution in [2.24, 2.45) is 7.05 Å². The molecular formula is C20H23FN8O2S. The van der Waals surface area contributed by atoms with E-state index in [0.717, 1.165) is 11.3 Å². The molecule has 4 heterocycles. The van der Waals surface area contributed by atoms with E-state index in [-0.39, 0.29) is 31.7 Å². The third-order valence-electron chi connectivity index (χ3n) is 5.43. The minimum Gasteiger partial charge on any atom is -0.344 e. The molecular weight excluding hydrogens is 435 g/mol. The highest BCUT2D eigenvalue weighted by Gasteiger charge is 2.49. The lowest BCUT2D eigenvalue weighted by atomic mass is 9.89. The third kappa shape index (κ3) is 4.35. The molecule has 168 valence electrons. The van der Waals surface area contributed by atoms with Crippen molar-refractivity contribution in [3.63, 3.8) is 0 Å². The number of nitrogens with zero attached hydrogens (tertiary/aromatic N) is 7. The highest BCUT2D eigenvalue weighted by Crippen LogP contribution is 2.36. The summed E-state index contributed by atoms with van der Waals surface area (Å²) < 4.78 is 42.0. The molecule has 0 saturated carbocycles. The number of nitriles is 1. The van der Waals surface area contributed by atoms with Crippen LogP contribution in [0.2, 0.25) is 0 Å². The lowest BCUT2D eigenvalue weighted by Crippen LogP contribution is -2.64. The summed E-state index contributed by atoms with van der Waals surface area (Å²) in [4.78, 5) is 8.78. The second-order valence-corrected chi connectivity index (χ2v) is 9.87. The molecule has 0 unspecified atom stereocenters. The zero-order valence-electron chi connectivity index (χ0n) is 17.5. The molecule has 3 aromatic rings. The first-order chi connectivity index (χ1) is 15.3. The van der Waals surface area contributed by atoms with Gasteiger partial charge in [0.1, 0.15) is 0 Å². The lowest BCUT2D eigenvalue weighted by Gasteiger charge is -2.49. The van der Waals surface area contributed by atoms with Crippen molar-refractivity contribution in [2.45, 2.75) is 18.4 Å². The van der Waals surface area contributed by atoms with Gasteiger partial charge in [-0.2, -0.15) is 14.7 Å². The van der Waals surface area contributed by atoms with Crippen molar-refractivity contribution in [2.75, 3.05) is 30.8 Å². The smallest absolute Gasteiger partial charge is 0.227 e. The molecule has 10 nitrogen and oxygen atoms in total. The Morgan fingerprint density at radius 1 is 1.31 bits per heavy atom. The van der Waals surface area contributed by atoms with E-state index in [2.05, 4.69) is 26.5 Å². The van der Waals surface area contributed by atoms with Crippen LogP contribution in [0.5, 0.6) is 0 Å². The maximum absolute atomic E-state index is 12.4. The van der Waals surface area contributed by atoms with Crippen LogP contribution in [0.15, 0.2) is 43.1 Å². The Morgan fingerprint density at radius 3 is 2.81 bits per heavy atom. The summed E-state index contributed by atoms with van der Waals surface area (Å²) in [5, 5.41) is 16.5. The molecule has 0 atom stereocenters. The quantitative estimate of drug-likeness (QED) is 0.521. The Balaban J connectivity index is 1.52. The second-order valence-electron chi connectivity index (χ2n) is 7.79. The topological polar surface area (TPSA) is 122 Å². The largest absolute Gasteiger partial charge is 0.344 e. The summed E-state index contributed by atoms with van der Waals surface area (Å²) in [6.07, 6.45) is 8.94. The molecule has 1 saturated heterocycles. The fourth-order valence-electron chi connectivity index (χ4n) is 3.72. The van der Waals surface area contributed by atoms with E-state index in [1.54, 1.807) is 23.1 Å². The van der Waals surface area contributed by atoms with E-state index < -0.39 is 22.2 Å². The minimum absolute atomic E-state index is 0.0269. The average molecular weight is 459 g/mol. The van der Waals surface area contributed by atoms with Crippen LogP contribution in [0.4, 0.5) is 16.0 Å². The Morgan fingerprint density at radius 2 is 2.12 bits per heavy atom. The van der Waals surface area contributed by atoms with Gasteiger partial charge in [0.2, 0.25) is 16.0 Å². The molecule has 0 radical (unpaired) electrons. The molecule has 0 bridgehead atoms. The normalized spacial score (nSPS) is 15.8. The van der Waals surface area contributed by atoms with Gasteiger partial charge in [-0.05, 0) is 18.6 Å². The van der Waals surface area contributed by atoms with Gasteiger partial charge in [0.15, 0.2) is 0 Å². The van der Waals surface area contributed by atoms with Gasteiger partial charge in [0.05, 0.1) is 48.0 Å². The first-order valence-corrected chi connectivity index (χ1v) is 11.6. The van der Waals surface area contributed by atoms with Crippen LogP contribution >= 0.6 is 0 Å². The van der Waals surface area contributed by atoms with Gasteiger partial charge in [0.25, 0.3) is 0 Å². The number of hydrogen-bond acceptors (Lipinski definition) is 7. The van der Waals surface area contributed by atoms with Crippen LogP contribution in [0, 0.1) is 11.3 Å². The number of aromatic nitrogens is 5. The first-order valence-electron chi connectivity index (χ1n) is 10.0. The van der Waals surface area contributed by atoms with E-state index in [0.29, 0.717) is 11.6 Å². The van der Waals surface area contributed by atoms with E-state index in [1.165, 1.54) is 4.31 Å². The number of aryl methyl sites for hydroxylation is 1. The molecule has 3 aromatic heterocycles. The first kappa shape index (κ1) is 21.9. The standard InChI is InChI=1S/C20H23FN8O2S/c1-27-13-17(11-24-27)25-19-23-8-3-18(26-19)16-4-9-28(12-16)20(5-7-22)14-29(15-20)32(30,31)10-2-6-21/h3-4,8-9,11-13H,2,5-6,10,14-15H2,1H3,(H,23,25,26). The van der Waals surface area contributed by atoms with Crippen molar-refractivity contribution >= 4 is 21.7 Å². The molecule has 0 spiro atoms. The van der Waals surface area contributed by atoms with Crippen molar-refractivity contribution in [3.8, 4) is 17.3 Å². The average Bonchev–Trinajstić information content (AvgIpc) is 3.38. The maximum Gasteiger partial charge on any atom is 0.227 e. The molecule has 1 N–H and O–H groups in total. The number of alkyl halides is 1. The number of nitrogens with one attached hydrogen (secondary N) is 1. The predicted octanol–water partition coefficient (Wildman–Crippen LogP) is 2.04. The fraction of sp³-hybridized carbons (Fsp3) is 0.400. The maximum atomic E-state index is 12.4. The highest BCUT2D eigenvalue weighted by molar-refractivity contribution is 7.89. The van der Waals surface area contributed by atoms with Crippen LogP contribution in [-0.2, 0) is 22.6 Å². The van der Waals surface area contributed by atoms with Crippen molar-refractivity contribution in [1.82, 2.24) is 28.6 Å². The number of halogens is 1. The summed E-state index contributed by atoms with van der Waals surface area (Å²) in [5.41, 5.74) is 1.61. The molecule has 1 aliphatic heterocycles. The third-order valence-corrected chi connectivity index (χ3v) is 7.28. The SMILES string of the molecule is Cn1cc(Nc2nccc(-c3ccn(C4(CC#N)CN(S(=O)(=O)CCCF)C4)c3)n2)cn1. The van der Waals surface area contributed by atoms with Crippen LogP contribution in [0.25, 0.3) is 11.3 Å².